The number of carbonyl (C=O) groups is 1. The number of hydrogen-bond acceptors (Lipinski definition) is 3. The first-order chi connectivity index (χ1) is 8.36. The van der Waals surface area contributed by atoms with Crippen LogP contribution in [0.4, 0.5) is 0 Å². The molecule has 0 saturated carbocycles. The summed E-state index contributed by atoms with van der Waals surface area (Å²) in [5.41, 5.74) is 0. The molecule has 1 aromatic rings. The van der Waals surface area contributed by atoms with Crippen molar-refractivity contribution in [2.24, 2.45) is 0 Å². The Labute approximate surface area is 111 Å². The van der Waals surface area contributed by atoms with Gasteiger partial charge in [-0.15, -0.1) is 0 Å². The predicted molar refractivity (Wildman–Crippen MR) is 68.1 cm³/mol. The Hall–Kier alpha value is -1.11. The van der Waals surface area contributed by atoms with Crippen LogP contribution < -0.4 is 4.72 Å². The van der Waals surface area contributed by atoms with Crippen LogP contribution in [0.1, 0.15) is 19.8 Å². The maximum absolute atomic E-state index is 12.0. The van der Waals surface area contributed by atoms with E-state index >= 15 is 0 Å². The molecule has 0 fully saturated rings. The third kappa shape index (κ3) is 3.97. The zero-order chi connectivity index (χ0) is 13.8. The van der Waals surface area contributed by atoms with Crippen LogP contribution in [-0.4, -0.2) is 25.5 Å². The Kier molecular flexibility index (Phi) is 5.13. The van der Waals surface area contributed by atoms with Crippen LogP contribution in [0.3, 0.4) is 0 Å². The quantitative estimate of drug-likeness (QED) is 0.838. The van der Waals surface area contributed by atoms with E-state index in [1.165, 1.54) is 12.1 Å². The fraction of sp³-hybridized carbons (Fsp3) is 0.364. The molecule has 0 saturated heterocycles. The molecule has 2 N–H and O–H groups in total. The lowest BCUT2D eigenvalue weighted by atomic mass is 10.2. The zero-order valence-electron chi connectivity index (χ0n) is 9.76. The van der Waals surface area contributed by atoms with Gasteiger partial charge in [-0.3, -0.25) is 4.79 Å². The molecule has 100 valence electrons. The fourth-order valence-electron chi connectivity index (χ4n) is 1.43. The van der Waals surface area contributed by atoms with E-state index in [0.717, 1.165) is 0 Å². The van der Waals surface area contributed by atoms with Crippen LogP contribution >= 0.6 is 11.6 Å². The first-order valence-electron chi connectivity index (χ1n) is 5.35. The number of carboxylic acids is 1. The lowest BCUT2D eigenvalue weighted by Gasteiger charge is -2.15. The van der Waals surface area contributed by atoms with Gasteiger partial charge in [-0.1, -0.05) is 30.7 Å². The molecule has 0 amide bonds. The summed E-state index contributed by atoms with van der Waals surface area (Å²) in [6.07, 6.45) is 0.121. The van der Waals surface area contributed by atoms with Gasteiger partial charge in [0.2, 0.25) is 10.0 Å². The first-order valence-corrected chi connectivity index (χ1v) is 7.21. The number of halogens is 1. The van der Waals surface area contributed by atoms with Crippen molar-refractivity contribution >= 4 is 27.6 Å². The largest absolute Gasteiger partial charge is 0.481 e. The molecule has 0 spiro atoms. The van der Waals surface area contributed by atoms with Crippen LogP contribution in [-0.2, 0) is 14.8 Å². The van der Waals surface area contributed by atoms with Gasteiger partial charge in [0.15, 0.2) is 0 Å². The fourth-order valence-corrected chi connectivity index (χ4v) is 3.26. The zero-order valence-corrected chi connectivity index (χ0v) is 11.3. The highest BCUT2D eigenvalue weighted by Gasteiger charge is 2.22. The van der Waals surface area contributed by atoms with Gasteiger partial charge in [0.25, 0.3) is 0 Å². The Morgan fingerprint density at radius 2 is 2.06 bits per heavy atom. The maximum Gasteiger partial charge on any atom is 0.304 e. The van der Waals surface area contributed by atoms with E-state index in [4.69, 9.17) is 16.7 Å². The van der Waals surface area contributed by atoms with Crippen LogP contribution in [0.5, 0.6) is 0 Å². The van der Waals surface area contributed by atoms with Crippen molar-refractivity contribution in [1.29, 1.82) is 0 Å². The minimum Gasteiger partial charge on any atom is -0.481 e. The Morgan fingerprint density at radius 3 is 2.56 bits per heavy atom. The van der Waals surface area contributed by atoms with E-state index in [9.17, 15) is 13.2 Å². The van der Waals surface area contributed by atoms with Crippen molar-refractivity contribution in [3.8, 4) is 0 Å². The van der Waals surface area contributed by atoms with Crippen molar-refractivity contribution in [1.82, 2.24) is 4.72 Å². The van der Waals surface area contributed by atoms with Gasteiger partial charge in [0, 0.05) is 6.04 Å². The van der Waals surface area contributed by atoms with Crippen molar-refractivity contribution in [3.05, 3.63) is 29.3 Å². The monoisotopic (exact) mass is 291 g/mol. The molecular formula is C11H14ClNO4S. The maximum atomic E-state index is 12.0. The minimum atomic E-state index is -3.79. The Morgan fingerprint density at radius 1 is 1.44 bits per heavy atom. The molecule has 1 aromatic carbocycles. The normalized spacial score (nSPS) is 13.2. The summed E-state index contributed by atoms with van der Waals surface area (Å²) in [7, 11) is -3.79. The smallest absolute Gasteiger partial charge is 0.304 e. The van der Waals surface area contributed by atoms with Crippen molar-refractivity contribution < 1.29 is 18.3 Å². The van der Waals surface area contributed by atoms with Gasteiger partial charge >= 0.3 is 5.97 Å². The van der Waals surface area contributed by atoms with E-state index in [1.807, 2.05) is 0 Å². The summed E-state index contributed by atoms with van der Waals surface area (Å²) < 4.78 is 26.4. The number of rotatable bonds is 6. The molecule has 0 bridgehead atoms. The molecule has 7 heteroatoms. The third-order valence-electron chi connectivity index (χ3n) is 2.36. The summed E-state index contributed by atoms with van der Waals surface area (Å²) in [6.45, 7) is 1.71. The lowest BCUT2D eigenvalue weighted by molar-refractivity contribution is -0.137. The Balaban J connectivity index is 2.94. The van der Waals surface area contributed by atoms with Crippen molar-refractivity contribution in [2.45, 2.75) is 30.7 Å². The topological polar surface area (TPSA) is 83.5 Å². The number of benzene rings is 1. The van der Waals surface area contributed by atoms with E-state index in [0.29, 0.717) is 6.42 Å². The summed E-state index contributed by atoms with van der Waals surface area (Å²) in [5, 5.41) is 8.78. The molecule has 1 unspecified atom stereocenters. The van der Waals surface area contributed by atoms with Crippen LogP contribution in [0, 0.1) is 0 Å². The van der Waals surface area contributed by atoms with Gasteiger partial charge in [0.1, 0.15) is 4.90 Å². The van der Waals surface area contributed by atoms with Gasteiger partial charge in [0.05, 0.1) is 11.4 Å². The van der Waals surface area contributed by atoms with E-state index in [-0.39, 0.29) is 16.3 Å². The average molecular weight is 292 g/mol. The Bertz CT molecular complexity index is 530. The molecular weight excluding hydrogens is 278 g/mol. The highest BCUT2D eigenvalue weighted by Crippen LogP contribution is 2.20. The van der Waals surface area contributed by atoms with Gasteiger partial charge in [-0.25, -0.2) is 13.1 Å². The van der Waals surface area contributed by atoms with Gasteiger partial charge < -0.3 is 5.11 Å². The number of aliphatic carboxylic acids is 1. The second-order valence-corrected chi connectivity index (χ2v) is 5.84. The highest BCUT2D eigenvalue weighted by atomic mass is 35.5. The third-order valence-corrected chi connectivity index (χ3v) is 4.38. The molecule has 0 aliphatic heterocycles. The standard InChI is InChI=1S/C11H14ClNO4S/c1-2-8(7-11(14)15)13-18(16,17)10-6-4-3-5-9(10)12/h3-6,8,13H,2,7H2,1H3,(H,14,15). The predicted octanol–water partition coefficient (Wildman–Crippen LogP) is 1.87. The summed E-state index contributed by atoms with van der Waals surface area (Å²) >= 11 is 5.81. The summed E-state index contributed by atoms with van der Waals surface area (Å²) in [5.74, 6) is -1.05. The second kappa shape index (κ2) is 6.17. The minimum absolute atomic E-state index is 0.0458. The first kappa shape index (κ1) is 14.9. The number of hydrogen-bond donors (Lipinski definition) is 2. The van der Waals surface area contributed by atoms with Crippen LogP contribution in [0.15, 0.2) is 29.2 Å². The van der Waals surface area contributed by atoms with Crippen LogP contribution in [0.2, 0.25) is 5.02 Å². The molecule has 0 aliphatic rings. The lowest BCUT2D eigenvalue weighted by Crippen LogP contribution is -2.36. The molecule has 0 radical (unpaired) electrons. The number of nitrogens with one attached hydrogen (secondary N) is 1. The molecule has 1 rings (SSSR count). The average Bonchev–Trinajstić information content (AvgIpc) is 2.27. The molecule has 0 aromatic heterocycles. The summed E-state index contributed by atoms with van der Waals surface area (Å²) in [6, 6.07) is 5.37. The SMILES string of the molecule is CCC(CC(=O)O)NS(=O)(=O)c1ccccc1Cl. The number of carboxylic acid groups (broad SMARTS) is 1. The second-order valence-electron chi connectivity index (χ2n) is 3.75. The number of sulfonamides is 1. The van der Waals surface area contributed by atoms with E-state index in [2.05, 4.69) is 4.72 Å². The van der Waals surface area contributed by atoms with Crippen LogP contribution in [0.25, 0.3) is 0 Å². The molecule has 1 atom stereocenters. The van der Waals surface area contributed by atoms with E-state index < -0.39 is 22.0 Å². The molecule has 5 nitrogen and oxygen atoms in total. The molecule has 0 heterocycles. The van der Waals surface area contributed by atoms with E-state index in [1.54, 1.807) is 19.1 Å². The van der Waals surface area contributed by atoms with Gasteiger partial charge in [-0.2, -0.15) is 0 Å². The molecule has 0 aliphatic carbocycles. The van der Waals surface area contributed by atoms with Crippen molar-refractivity contribution in [2.75, 3.05) is 0 Å². The van der Waals surface area contributed by atoms with Gasteiger partial charge in [-0.05, 0) is 18.6 Å². The highest BCUT2D eigenvalue weighted by molar-refractivity contribution is 7.89. The summed E-state index contributed by atoms with van der Waals surface area (Å²) in [4.78, 5) is 10.6. The molecule has 18 heavy (non-hydrogen) atoms. The van der Waals surface area contributed by atoms with Crippen molar-refractivity contribution in [3.63, 3.8) is 0 Å².